The third-order valence-corrected chi connectivity index (χ3v) is 4.63. The van der Waals surface area contributed by atoms with E-state index in [9.17, 15) is 4.79 Å². The van der Waals surface area contributed by atoms with Gasteiger partial charge in [-0.3, -0.25) is 4.79 Å². The number of ether oxygens (including phenoxy) is 1. The molecule has 1 atom stereocenters. The van der Waals surface area contributed by atoms with Crippen molar-refractivity contribution in [2.75, 3.05) is 13.2 Å². The summed E-state index contributed by atoms with van der Waals surface area (Å²) < 4.78 is 4.86. The van der Waals surface area contributed by atoms with Crippen LogP contribution in [0.3, 0.4) is 0 Å². The summed E-state index contributed by atoms with van der Waals surface area (Å²) in [6.45, 7) is 12.3. The fourth-order valence-corrected chi connectivity index (χ4v) is 2.95. The van der Waals surface area contributed by atoms with Gasteiger partial charge in [-0.1, -0.05) is 109 Å². The molecule has 31 heavy (non-hydrogen) atoms. The van der Waals surface area contributed by atoms with E-state index in [-0.39, 0.29) is 19.2 Å². The molecule has 0 radical (unpaired) electrons. The first-order valence-electron chi connectivity index (χ1n) is 12.6. The first kappa shape index (κ1) is 34.5. The van der Waals surface area contributed by atoms with Crippen LogP contribution in [0.1, 0.15) is 124 Å². The summed E-state index contributed by atoms with van der Waals surface area (Å²) in [6, 6.07) is 0. The zero-order chi connectivity index (χ0) is 24.0. The molecule has 0 aliphatic rings. The van der Waals surface area contributed by atoms with Gasteiger partial charge in [-0.15, -0.1) is 13.2 Å². The molecule has 0 amide bonds. The summed E-state index contributed by atoms with van der Waals surface area (Å²) in [7, 11) is 0. The molecule has 186 valence electrons. The molecule has 0 aromatic heterocycles. The summed E-state index contributed by atoms with van der Waals surface area (Å²) in [5.41, 5.74) is 0. The largest absolute Gasteiger partial charge is 0.463 e. The molecule has 0 aliphatic carbocycles. The summed E-state index contributed by atoms with van der Waals surface area (Å²) in [6.07, 6.45) is 22.5. The Morgan fingerprint density at radius 3 is 1.42 bits per heavy atom. The lowest BCUT2D eigenvalue weighted by Gasteiger charge is -2.08. The van der Waals surface area contributed by atoms with Crippen LogP contribution < -0.4 is 0 Å². The maximum atomic E-state index is 11.4. The van der Waals surface area contributed by atoms with Crippen molar-refractivity contribution in [3.8, 4) is 0 Å². The molecule has 0 aromatic carbocycles. The van der Waals surface area contributed by atoms with E-state index >= 15 is 0 Å². The molecule has 0 heterocycles. The van der Waals surface area contributed by atoms with Crippen molar-refractivity contribution in [3.05, 3.63) is 25.3 Å². The predicted octanol–water partition coefficient (Wildman–Crippen LogP) is 7.53. The van der Waals surface area contributed by atoms with Crippen LogP contribution in [0.5, 0.6) is 0 Å². The fraction of sp³-hybridized carbons (Fsp3) is 0.815. The van der Waals surface area contributed by atoms with E-state index in [2.05, 4.69) is 20.1 Å². The molecule has 0 saturated heterocycles. The number of unbranched alkanes of at least 4 members (excludes halogenated alkanes) is 14. The number of esters is 1. The smallest absolute Gasteiger partial charge is 0.305 e. The molecular formula is C27H54O4. The summed E-state index contributed by atoms with van der Waals surface area (Å²) in [4.78, 5) is 11.4. The van der Waals surface area contributed by atoms with Gasteiger partial charge in [0.25, 0.3) is 0 Å². The van der Waals surface area contributed by atoms with Crippen molar-refractivity contribution < 1.29 is 19.7 Å². The Morgan fingerprint density at radius 1 is 0.774 bits per heavy atom. The molecule has 0 fully saturated rings. The second-order valence-electron chi connectivity index (χ2n) is 8.04. The molecule has 2 N–H and O–H groups in total. The Bertz CT molecular complexity index is 349. The fourth-order valence-electron chi connectivity index (χ4n) is 2.95. The number of carbonyl (C=O) groups is 1. The minimum Gasteiger partial charge on any atom is -0.463 e. The second-order valence-corrected chi connectivity index (χ2v) is 8.04. The lowest BCUT2D eigenvalue weighted by atomic mass is 10.0. The van der Waals surface area contributed by atoms with Gasteiger partial charge < -0.3 is 14.9 Å². The first-order chi connectivity index (χ1) is 15.0. The molecule has 0 rings (SSSR count). The molecule has 0 bridgehead atoms. The number of aliphatic hydroxyl groups is 2. The van der Waals surface area contributed by atoms with E-state index in [1.807, 2.05) is 13.8 Å². The van der Waals surface area contributed by atoms with Crippen molar-refractivity contribution in [2.45, 2.75) is 130 Å². The molecule has 0 spiro atoms. The second kappa shape index (κ2) is 33.5. The van der Waals surface area contributed by atoms with E-state index in [0.29, 0.717) is 6.42 Å². The van der Waals surface area contributed by atoms with E-state index in [1.54, 1.807) is 12.2 Å². The van der Waals surface area contributed by atoms with Crippen LogP contribution in [-0.2, 0) is 9.53 Å². The maximum Gasteiger partial charge on any atom is 0.305 e. The molecule has 4 heteroatoms. The normalized spacial score (nSPS) is 10.7. The minimum atomic E-state index is -0.954. The van der Waals surface area contributed by atoms with E-state index in [4.69, 9.17) is 14.9 Å². The van der Waals surface area contributed by atoms with Crippen LogP contribution in [-0.4, -0.2) is 35.5 Å². The number of aliphatic hydroxyl groups excluding tert-OH is 2. The number of hydrogen-bond donors (Lipinski definition) is 2. The van der Waals surface area contributed by atoms with Crippen LogP contribution >= 0.6 is 0 Å². The van der Waals surface area contributed by atoms with Gasteiger partial charge in [0.15, 0.2) is 0 Å². The Kier molecular flexibility index (Phi) is 37.3. The quantitative estimate of drug-likeness (QED) is 0.123. The van der Waals surface area contributed by atoms with Crippen molar-refractivity contribution in [1.29, 1.82) is 0 Å². The lowest BCUT2D eigenvalue weighted by molar-refractivity contribution is -0.147. The number of allylic oxidation sites excluding steroid dienone is 2. The van der Waals surface area contributed by atoms with Gasteiger partial charge in [-0.25, -0.2) is 0 Å². The standard InChI is InChI=1S/C21H42O4.2C3H6/c1-2-3-4-5-6-7-8-9-10-11-12-13-14-15-16-17-21(24)25-19-20(23)18-22;2*1-3-2/h20,22-23H,2-19H2,1H3;2*3H,1H2,2H3. The van der Waals surface area contributed by atoms with Crippen LogP contribution in [0, 0.1) is 0 Å². The van der Waals surface area contributed by atoms with E-state index in [0.717, 1.165) is 12.8 Å². The van der Waals surface area contributed by atoms with Crippen molar-refractivity contribution >= 4 is 5.97 Å². The van der Waals surface area contributed by atoms with E-state index in [1.165, 1.54) is 83.5 Å². The average molecular weight is 443 g/mol. The Labute approximate surface area is 194 Å². The predicted molar refractivity (Wildman–Crippen MR) is 135 cm³/mol. The van der Waals surface area contributed by atoms with E-state index < -0.39 is 6.10 Å². The van der Waals surface area contributed by atoms with Crippen molar-refractivity contribution in [1.82, 2.24) is 0 Å². The van der Waals surface area contributed by atoms with Crippen LogP contribution in [0.15, 0.2) is 25.3 Å². The monoisotopic (exact) mass is 442 g/mol. The molecular weight excluding hydrogens is 388 g/mol. The van der Waals surface area contributed by atoms with Gasteiger partial charge in [0.05, 0.1) is 6.61 Å². The highest BCUT2D eigenvalue weighted by atomic mass is 16.5. The maximum absolute atomic E-state index is 11.4. The number of carbonyl (C=O) groups excluding carboxylic acids is 1. The zero-order valence-corrected chi connectivity index (χ0v) is 21.1. The topological polar surface area (TPSA) is 66.8 Å². The number of rotatable bonds is 19. The first-order valence-corrected chi connectivity index (χ1v) is 12.6. The summed E-state index contributed by atoms with van der Waals surface area (Å²) >= 11 is 0. The highest BCUT2D eigenvalue weighted by molar-refractivity contribution is 5.69. The molecule has 0 aliphatic heterocycles. The lowest BCUT2D eigenvalue weighted by Crippen LogP contribution is -2.21. The van der Waals surface area contributed by atoms with Crippen molar-refractivity contribution in [2.24, 2.45) is 0 Å². The molecule has 4 nitrogen and oxygen atoms in total. The molecule has 0 aromatic rings. The Hall–Kier alpha value is -1.13. The minimum absolute atomic E-state index is 0.103. The Balaban J connectivity index is -0.00000116. The third-order valence-electron chi connectivity index (χ3n) is 4.63. The highest BCUT2D eigenvalue weighted by Crippen LogP contribution is 2.13. The highest BCUT2D eigenvalue weighted by Gasteiger charge is 2.07. The van der Waals surface area contributed by atoms with Crippen LogP contribution in [0.4, 0.5) is 0 Å². The summed E-state index contributed by atoms with van der Waals surface area (Å²) in [5, 5.41) is 17.7. The van der Waals surface area contributed by atoms with Gasteiger partial charge in [-0.2, -0.15) is 0 Å². The Morgan fingerprint density at radius 2 is 1.10 bits per heavy atom. The third kappa shape index (κ3) is 39.9. The summed E-state index contributed by atoms with van der Waals surface area (Å²) in [5.74, 6) is -0.276. The number of hydrogen-bond acceptors (Lipinski definition) is 4. The van der Waals surface area contributed by atoms with Crippen LogP contribution in [0.2, 0.25) is 0 Å². The molecule has 0 saturated carbocycles. The average Bonchev–Trinajstić information content (AvgIpc) is 2.75. The SMILES string of the molecule is C=CC.C=CC.CCCCCCCCCCCCCCCCCC(=O)OCC(O)CO. The van der Waals surface area contributed by atoms with Gasteiger partial charge in [0.2, 0.25) is 0 Å². The van der Waals surface area contributed by atoms with Gasteiger partial charge in [0.1, 0.15) is 12.7 Å². The van der Waals surface area contributed by atoms with Crippen LogP contribution in [0.25, 0.3) is 0 Å². The van der Waals surface area contributed by atoms with Gasteiger partial charge in [0, 0.05) is 6.42 Å². The van der Waals surface area contributed by atoms with Crippen molar-refractivity contribution in [3.63, 3.8) is 0 Å². The molecule has 1 unspecified atom stereocenters. The van der Waals surface area contributed by atoms with Gasteiger partial charge in [-0.05, 0) is 20.3 Å². The zero-order valence-electron chi connectivity index (χ0n) is 21.1. The van der Waals surface area contributed by atoms with Gasteiger partial charge >= 0.3 is 5.97 Å².